The second kappa shape index (κ2) is 7.03. The Bertz CT molecular complexity index is 688. The van der Waals surface area contributed by atoms with E-state index >= 15 is 0 Å². The zero-order chi connectivity index (χ0) is 14.1. The SMILES string of the molecule is CC[n+]1ccccc1/C=C1\Sc2ccc(Cl)cc2N1C.[I-]. The van der Waals surface area contributed by atoms with Crippen LogP contribution in [0.1, 0.15) is 12.6 Å². The van der Waals surface area contributed by atoms with Gasteiger partial charge >= 0.3 is 0 Å². The minimum atomic E-state index is 0. The summed E-state index contributed by atoms with van der Waals surface area (Å²) in [5, 5.41) is 2.00. The quantitative estimate of drug-likeness (QED) is 0.522. The fraction of sp³-hybridized carbons (Fsp3) is 0.188. The predicted octanol–water partition coefficient (Wildman–Crippen LogP) is 1.19. The number of hydrogen-bond donors (Lipinski definition) is 0. The molecule has 0 saturated heterocycles. The van der Waals surface area contributed by atoms with Crippen LogP contribution in [0.3, 0.4) is 0 Å². The molecule has 1 aromatic heterocycles. The molecular weight excluding hydrogens is 415 g/mol. The third-order valence-corrected chi connectivity index (χ3v) is 4.82. The number of aromatic nitrogens is 1. The minimum absolute atomic E-state index is 0. The third kappa shape index (κ3) is 3.38. The molecule has 2 aromatic rings. The Morgan fingerprint density at radius 3 is 2.86 bits per heavy atom. The molecular formula is C16H16ClIN2S. The first kappa shape index (κ1) is 16.6. The number of halogens is 2. The number of nitrogens with zero attached hydrogens (tertiary/aromatic N) is 2. The van der Waals surface area contributed by atoms with Crippen molar-refractivity contribution in [3.05, 3.63) is 58.3 Å². The number of hydrogen-bond acceptors (Lipinski definition) is 2. The van der Waals surface area contributed by atoms with Crippen molar-refractivity contribution in [3.63, 3.8) is 0 Å². The third-order valence-electron chi connectivity index (χ3n) is 3.42. The van der Waals surface area contributed by atoms with Crippen molar-refractivity contribution in [2.24, 2.45) is 0 Å². The smallest absolute Gasteiger partial charge is 0.207 e. The van der Waals surface area contributed by atoms with Gasteiger partial charge in [-0.15, -0.1) is 0 Å². The fourth-order valence-corrected chi connectivity index (χ4v) is 3.54. The first-order chi connectivity index (χ1) is 9.69. The Kier molecular flexibility index (Phi) is 5.57. The van der Waals surface area contributed by atoms with Crippen LogP contribution in [0.15, 0.2) is 52.5 Å². The second-order valence-electron chi connectivity index (χ2n) is 4.67. The van der Waals surface area contributed by atoms with E-state index in [1.807, 2.05) is 12.1 Å². The molecule has 110 valence electrons. The summed E-state index contributed by atoms with van der Waals surface area (Å²) < 4.78 is 2.23. The predicted molar refractivity (Wildman–Crippen MR) is 86.0 cm³/mol. The molecule has 0 atom stereocenters. The molecule has 21 heavy (non-hydrogen) atoms. The second-order valence-corrected chi connectivity index (χ2v) is 6.17. The number of benzene rings is 1. The van der Waals surface area contributed by atoms with E-state index in [2.05, 4.69) is 60.0 Å². The van der Waals surface area contributed by atoms with Crippen LogP contribution in [-0.2, 0) is 6.54 Å². The van der Waals surface area contributed by atoms with Gasteiger partial charge in [-0.25, -0.2) is 0 Å². The van der Waals surface area contributed by atoms with Gasteiger partial charge < -0.3 is 28.9 Å². The Morgan fingerprint density at radius 2 is 2.10 bits per heavy atom. The fourth-order valence-electron chi connectivity index (χ4n) is 2.30. The molecule has 1 aliphatic rings. The summed E-state index contributed by atoms with van der Waals surface area (Å²) >= 11 is 7.87. The van der Waals surface area contributed by atoms with Crippen molar-refractivity contribution in [1.82, 2.24) is 0 Å². The average Bonchev–Trinajstić information content (AvgIpc) is 2.76. The molecule has 1 aliphatic heterocycles. The summed E-state index contributed by atoms with van der Waals surface area (Å²) in [6, 6.07) is 12.3. The first-order valence-electron chi connectivity index (χ1n) is 6.60. The maximum Gasteiger partial charge on any atom is 0.207 e. The van der Waals surface area contributed by atoms with Crippen LogP contribution >= 0.6 is 23.4 Å². The van der Waals surface area contributed by atoms with Crippen molar-refractivity contribution in [2.45, 2.75) is 18.4 Å². The lowest BCUT2D eigenvalue weighted by Crippen LogP contribution is -3.00. The summed E-state index contributed by atoms with van der Waals surface area (Å²) in [4.78, 5) is 3.45. The van der Waals surface area contributed by atoms with E-state index in [-0.39, 0.29) is 24.0 Å². The van der Waals surface area contributed by atoms with Crippen LogP contribution in [0.2, 0.25) is 5.02 Å². The van der Waals surface area contributed by atoms with Crippen LogP contribution in [0, 0.1) is 0 Å². The molecule has 3 rings (SSSR count). The maximum atomic E-state index is 6.08. The molecule has 0 spiro atoms. The van der Waals surface area contributed by atoms with Crippen LogP contribution in [0.5, 0.6) is 0 Å². The Hall–Kier alpha value is -0.720. The van der Waals surface area contributed by atoms with E-state index in [4.69, 9.17) is 11.6 Å². The maximum absolute atomic E-state index is 6.08. The highest BCUT2D eigenvalue weighted by Gasteiger charge is 2.23. The van der Waals surface area contributed by atoms with Crippen molar-refractivity contribution in [3.8, 4) is 0 Å². The van der Waals surface area contributed by atoms with Gasteiger partial charge in [0.05, 0.1) is 10.7 Å². The van der Waals surface area contributed by atoms with Gasteiger partial charge in [-0.3, -0.25) is 0 Å². The highest BCUT2D eigenvalue weighted by atomic mass is 127. The van der Waals surface area contributed by atoms with Gasteiger partial charge in [-0.05, 0) is 31.2 Å². The summed E-state index contributed by atoms with van der Waals surface area (Å²) in [5.74, 6) is 0. The Balaban J connectivity index is 0.00000161. The molecule has 2 heterocycles. The Morgan fingerprint density at radius 1 is 1.29 bits per heavy atom. The van der Waals surface area contributed by atoms with Gasteiger partial charge in [-0.1, -0.05) is 23.4 Å². The van der Waals surface area contributed by atoms with Gasteiger partial charge in [0.2, 0.25) is 5.69 Å². The summed E-state index contributed by atoms with van der Waals surface area (Å²) in [6.07, 6.45) is 4.33. The molecule has 0 saturated carbocycles. The van der Waals surface area contributed by atoms with Crippen LogP contribution in [0.4, 0.5) is 5.69 Å². The number of anilines is 1. The zero-order valence-electron chi connectivity index (χ0n) is 11.9. The standard InChI is InChI=1S/C16H16ClN2S.HI/c1-3-19-9-5-4-6-13(19)11-16-18(2)14-10-12(17)7-8-15(14)20-16;/h4-11H,3H2,1-2H3;1H/q+1;/p-1. The number of aryl methyl sites for hydroxylation is 1. The number of fused-ring (bicyclic) bond motifs is 1. The molecule has 0 fully saturated rings. The van der Waals surface area contributed by atoms with Gasteiger partial charge in [0.25, 0.3) is 0 Å². The zero-order valence-corrected chi connectivity index (χ0v) is 15.6. The largest absolute Gasteiger partial charge is 1.00 e. The van der Waals surface area contributed by atoms with E-state index in [1.165, 1.54) is 21.3 Å². The molecule has 0 radical (unpaired) electrons. The van der Waals surface area contributed by atoms with E-state index in [1.54, 1.807) is 11.8 Å². The van der Waals surface area contributed by atoms with E-state index in [0.29, 0.717) is 0 Å². The van der Waals surface area contributed by atoms with E-state index in [0.717, 1.165) is 11.6 Å². The molecule has 1 aromatic carbocycles. The first-order valence-corrected chi connectivity index (χ1v) is 7.80. The number of rotatable bonds is 2. The van der Waals surface area contributed by atoms with Gasteiger partial charge in [0, 0.05) is 35.2 Å². The summed E-state index contributed by atoms with van der Waals surface area (Å²) in [5.41, 5.74) is 2.39. The molecule has 0 amide bonds. The van der Waals surface area contributed by atoms with E-state index in [9.17, 15) is 0 Å². The molecule has 0 N–H and O–H groups in total. The molecule has 5 heteroatoms. The van der Waals surface area contributed by atoms with Gasteiger partial charge in [-0.2, -0.15) is 4.57 Å². The number of thioether (sulfide) groups is 1. The van der Waals surface area contributed by atoms with Crippen molar-refractivity contribution in [2.75, 3.05) is 11.9 Å². The normalized spacial score (nSPS) is 15.0. The topological polar surface area (TPSA) is 7.12 Å². The molecule has 0 aliphatic carbocycles. The van der Waals surface area contributed by atoms with Crippen molar-refractivity contribution >= 4 is 35.1 Å². The molecule has 0 unspecified atom stereocenters. The van der Waals surface area contributed by atoms with Crippen LogP contribution in [0.25, 0.3) is 6.08 Å². The van der Waals surface area contributed by atoms with Gasteiger partial charge in [0.1, 0.15) is 6.54 Å². The van der Waals surface area contributed by atoms with Crippen LogP contribution in [-0.4, -0.2) is 7.05 Å². The lowest BCUT2D eigenvalue weighted by molar-refractivity contribution is -0.695. The highest BCUT2D eigenvalue weighted by molar-refractivity contribution is 8.03. The van der Waals surface area contributed by atoms with Crippen LogP contribution < -0.4 is 33.4 Å². The lowest BCUT2D eigenvalue weighted by Gasteiger charge is -2.13. The summed E-state index contributed by atoms with van der Waals surface area (Å²) in [7, 11) is 2.08. The average molecular weight is 431 g/mol. The lowest BCUT2D eigenvalue weighted by atomic mass is 10.3. The number of pyridine rings is 1. The van der Waals surface area contributed by atoms with Crippen molar-refractivity contribution < 1.29 is 28.5 Å². The van der Waals surface area contributed by atoms with Crippen molar-refractivity contribution in [1.29, 1.82) is 0 Å². The monoisotopic (exact) mass is 430 g/mol. The Labute approximate surface area is 151 Å². The molecule has 2 nitrogen and oxygen atoms in total. The highest BCUT2D eigenvalue weighted by Crippen LogP contribution is 2.46. The van der Waals surface area contributed by atoms with Gasteiger partial charge in [0.15, 0.2) is 6.20 Å². The van der Waals surface area contributed by atoms with E-state index < -0.39 is 0 Å². The summed E-state index contributed by atoms with van der Waals surface area (Å²) in [6.45, 7) is 3.12. The minimum Gasteiger partial charge on any atom is -1.00 e. The molecule has 0 bridgehead atoms.